The van der Waals surface area contributed by atoms with E-state index in [2.05, 4.69) is 0 Å². The van der Waals surface area contributed by atoms with Gasteiger partial charge in [-0.15, -0.1) is 11.8 Å². The molecule has 0 aliphatic heterocycles. The van der Waals surface area contributed by atoms with Crippen LogP contribution in [-0.4, -0.2) is 16.6 Å². The number of hydrogen-bond acceptors (Lipinski definition) is 4. The zero-order valence-corrected chi connectivity index (χ0v) is 14.4. The fourth-order valence-electron chi connectivity index (χ4n) is 2.36. The molecule has 1 amide bonds. The second kappa shape index (κ2) is 8.58. The third kappa shape index (κ3) is 5.26. The number of furan rings is 2. The number of halogens is 1. The molecule has 0 saturated carbocycles. The van der Waals surface area contributed by atoms with Gasteiger partial charge in [-0.2, -0.15) is 0 Å². The van der Waals surface area contributed by atoms with Crippen LogP contribution in [-0.2, 0) is 17.9 Å². The Morgan fingerprint density at radius 2 is 1.56 bits per heavy atom. The fraction of sp³-hybridized carbons (Fsp3) is 0.211. The quantitative estimate of drug-likeness (QED) is 0.546. The van der Waals surface area contributed by atoms with E-state index < -0.39 is 0 Å². The summed E-state index contributed by atoms with van der Waals surface area (Å²) < 4.78 is 23.6. The molecule has 0 atom stereocenters. The fourth-order valence-corrected chi connectivity index (χ4v) is 3.20. The van der Waals surface area contributed by atoms with Gasteiger partial charge in [0.1, 0.15) is 17.3 Å². The van der Waals surface area contributed by atoms with Crippen molar-refractivity contribution < 1.29 is 18.0 Å². The Balaban J connectivity index is 1.56. The van der Waals surface area contributed by atoms with Gasteiger partial charge >= 0.3 is 0 Å². The van der Waals surface area contributed by atoms with Crippen molar-refractivity contribution in [2.24, 2.45) is 0 Å². The van der Waals surface area contributed by atoms with Crippen molar-refractivity contribution in [1.82, 2.24) is 4.90 Å². The molecule has 0 spiro atoms. The van der Waals surface area contributed by atoms with Crippen LogP contribution in [0.5, 0.6) is 0 Å². The molecule has 2 heterocycles. The number of carbonyl (C=O) groups is 1. The Hall–Kier alpha value is -2.47. The van der Waals surface area contributed by atoms with Gasteiger partial charge in [0.25, 0.3) is 0 Å². The lowest BCUT2D eigenvalue weighted by Crippen LogP contribution is -2.30. The lowest BCUT2D eigenvalue weighted by Gasteiger charge is -2.20. The van der Waals surface area contributed by atoms with Crippen molar-refractivity contribution in [2.45, 2.75) is 24.4 Å². The largest absolute Gasteiger partial charge is 0.467 e. The average molecular weight is 359 g/mol. The molecule has 0 fully saturated rings. The van der Waals surface area contributed by atoms with E-state index in [1.54, 1.807) is 41.7 Å². The van der Waals surface area contributed by atoms with Gasteiger partial charge in [-0.25, -0.2) is 4.39 Å². The van der Waals surface area contributed by atoms with Crippen LogP contribution in [0, 0.1) is 5.82 Å². The van der Waals surface area contributed by atoms with Crippen molar-refractivity contribution in [1.29, 1.82) is 0 Å². The molecule has 0 unspecified atom stereocenters. The molecule has 130 valence electrons. The van der Waals surface area contributed by atoms with Gasteiger partial charge in [-0.3, -0.25) is 4.79 Å². The van der Waals surface area contributed by atoms with E-state index in [0.717, 1.165) is 16.4 Å². The van der Waals surface area contributed by atoms with E-state index in [1.165, 1.54) is 23.9 Å². The van der Waals surface area contributed by atoms with Gasteiger partial charge in [0, 0.05) is 17.1 Å². The summed E-state index contributed by atoms with van der Waals surface area (Å²) in [5.41, 5.74) is 0. The number of benzene rings is 1. The predicted molar refractivity (Wildman–Crippen MR) is 93.4 cm³/mol. The molecule has 0 N–H and O–H groups in total. The Morgan fingerprint density at radius 1 is 0.960 bits per heavy atom. The Morgan fingerprint density at radius 3 is 2.08 bits per heavy atom. The lowest BCUT2D eigenvalue weighted by atomic mass is 10.3. The van der Waals surface area contributed by atoms with E-state index >= 15 is 0 Å². The van der Waals surface area contributed by atoms with Gasteiger partial charge in [0.05, 0.1) is 25.6 Å². The lowest BCUT2D eigenvalue weighted by molar-refractivity contribution is -0.132. The first-order valence-corrected chi connectivity index (χ1v) is 8.90. The minimum atomic E-state index is -0.261. The van der Waals surface area contributed by atoms with E-state index in [1.807, 2.05) is 12.1 Å². The maximum absolute atomic E-state index is 12.9. The summed E-state index contributed by atoms with van der Waals surface area (Å²) in [5.74, 6) is 1.83. The number of amides is 1. The smallest absolute Gasteiger partial charge is 0.224 e. The summed E-state index contributed by atoms with van der Waals surface area (Å²) in [6.07, 6.45) is 3.56. The average Bonchev–Trinajstić information content (AvgIpc) is 3.30. The summed E-state index contributed by atoms with van der Waals surface area (Å²) in [6, 6.07) is 13.6. The molecule has 2 aromatic heterocycles. The first-order valence-electron chi connectivity index (χ1n) is 7.91. The molecule has 0 bridgehead atoms. The van der Waals surface area contributed by atoms with Gasteiger partial charge < -0.3 is 13.7 Å². The van der Waals surface area contributed by atoms with E-state index in [9.17, 15) is 9.18 Å². The molecule has 3 aromatic rings. The van der Waals surface area contributed by atoms with E-state index in [4.69, 9.17) is 8.83 Å². The second-order valence-electron chi connectivity index (χ2n) is 5.46. The van der Waals surface area contributed by atoms with Gasteiger partial charge in [-0.1, -0.05) is 0 Å². The Labute approximate surface area is 149 Å². The zero-order valence-electron chi connectivity index (χ0n) is 13.6. The van der Waals surface area contributed by atoms with Crippen molar-refractivity contribution in [3.63, 3.8) is 0 Å². The topological polar surface area (TPSA) is 46.6 Å². The maximum atomic E-state index is 12.9. The number of rotatable bonds is 8. The van der Waals surface area contributed by atoms with Gasteiger partial charge in [0.15, 0.2) is 0 Å². The summed E-state index contributed by atoms with van der Waals surface area (Å²) in [5, 5.41) is 0. The van der Waals surface area contributed by atoms with Crippen LogP contribution in [0.15, 0.2) is 74.8 Å². The maximum Gasteiger partial charge on any atom is 0.224 e. The molecule has 4 nitrogen and oxygen atoms in total. The molecular weight excluding hydrogens is 341 g/mol. The van der Waals surface area contributed by atoms with Crippen LogP contribution in [0.2, 0.25) is 0 Å². The first kappa shape index (κ1) is 17.4. The van der Waals surface area contributed by atoms with E-state index in [-0.39, 0.29) is 11.7 Å². The Kier molecular flexibility index (Phi) is 5.95. The van der Waals surface area contributed by atoms with Crippen LogP contribution >= 0.6 is 11.8 Å². The van der Waals surface area contributed by atoms with Gasteiger partial charge in [-0.05, 0) is 48.5 Å². The SMILES string of the molecule is O=C(CCSc1ccc(F)cc1)N(Cc1ccco1)Cc1ccco1. The number of hydrogen-bond donors (Lipinski definition) is 0. The summed E-state index contributed by atoms with van der Waals surface area (Å²) in [6.45, 7) is 0.793. The molecule has 0 radical (unpaired) electrons. The molecule has 0 saturated heterocycles. The van der Waals surface area contributed by atoms with Crippen molar-refractivity contribution in [2.75, 3.05) is 5.75 Å². The van der Waals surface area contributed by atoms with E-state index in [0.29, 0.717) is 25.3 Å². The van der Waals surface area contributed by atoms with Crippen molar-refractivity contribution in [3.05, 3.63) is 78.4 Å². The molecular formula is C19H18FNO3S. The third-order valence-corrected chi connectivity index (χ3v) is 4.62. The number of carbonyl (C=O) groups excluding carboxylic acids is 1. The van der Waals surface area contributed by atoms with Crippen molar-refractivity contribution in [3.8, 4) is 0 Å². The highest BCUT2D eigenvalue weighted by Crippen LogP contribution is 2.20. The molecule has 0 aliphatic rings. The van der Waals surface area contributed by atoms with Crippen molar-refractivity contribution >= 4 is 17.7 Å². The first-order chi connectivity index (χ1) is 12.2. The highest BCUT2D eigenvalue weighted by molar-refractivity contribution is 7.99. The third-order valence-electron chi connectivity index (χ3n) is 3.60. The molecule has 3 rings (SSSR count). The predicted octanol–water partition coefficient (Wildman–Crippen LogP) is 4.72. The minimum absolute atomic E-state index is 0.0161. The molecule has 6 heteroatoms. The highest BCUT2D eigenvalue weighted by atomic mass is 32.2. The van der Waals surface area contributed by atoms with Crippen LogP contribution < -0.4 is 0 Å². The van der Waals surface area contributed by atoms with Crippen LogP contribution in [0.1, 0.15) is 17.9 Å². The zero-order chi connectivity index (χ0) is 17.5. The van der Waals surface area contributed by atoms with Gasteiger partial charge in [0.2, 0.25) is 5.91 Å². The standard InChI is InChI=1S/C19H18FNO3S/c20-15-5-7-18(8-6-15)25-12-9-19(22)21(13-16-3-1-10-23-16)14-17-4-2-11-24-17/h1-8,10-11H,9,12-14H2. The molecule has 25 heavy (non-hydrogen) atoms. The van der Waals surface area contributed by atoms with Crippen LogP contribution in [0.3, 0.4) is 0 Å². The summed E-state index contributed by atoms with van der Waals surface area (Å²) >= 11 is 1.53. The van der Waals surface area contributed by atoms with Crippen LogP contribution in [0.4, 0.5) is 4.39 Å². The second-order valence-corrected chi connectivity index (χ2v) is 6.63. The summed E-state index contributed by atoms with van der Waals surface area (Å²) in [4.78, 5) is 15.3. The monoisotopic (exact) mass is 359 g/mol. The number of thioether (sulfide) groups is 1. The Bertz CT molecular complexity index is 733. The minimum Gasteiger partial charge on any atom is -0.467 e. The summed E-state index contributed by atoms with van der Waals surface area (Å²) in [7, 11) is 0. The van der Waals surface area contributed by atoms with Crippen LogP contribution in [0.25, 0.3) is 0 Å². The molecule has 1 aromatic carbocycles. The highest BCUT2D eigenvalue weighted by Gasteiger charge is 2.17. The number of nitrogens with zero attached hydrogens (tertiary/aromatic N) is 1. The normalized spacial score (nSPS) is 10.8. The molecule has 0 aliphatic carbocycles.